The van der Waals surface area contributed by atoms with E-state index in [1.54, 1.807) is 11.0 Å². The number of nitrogens with zero attached hydrogens (tertiary/aromatic N) is 2. The summed E-state index contributed by atoms with van der Waals surface area (Å²) < 4.78 is 38.6. The number of rotatable bonds is 3. The molecule has 2 aliphatic rings. The lowest BCUT2D eigenvalue weighted by Gasteiger charge is -2.33. The molecule has 1 amide bonds. The lowest BCUT2D eigenvalue weighted by Crippen LogP contribution is -2.41. The number of alkyl halides is 3. The van der Waals surface area contributed by atoms with Gasteiger partial charge in [0.2, 0.25) is 5.91 Å². The predicted molar refractivity (Wildman–Crippen MR) is 101 cm³/mol. The molecule has 6 heteroatoms. The lowest BCUT2D eigenvalue weighted by molar-refractivity contribution is -0.138. The number of likely N-dealkylation sites (tertiary alicyclic amines) is 1. The van der Waals surface area contributed by atoms with Crippen molar-refractivity contribution in [2.45, 2.75) is 38.0 Å². The molecule has 0 aromatic heterocycles. The van der Waals surface area contributed by atoms with Crippen molar-refractivity contribution in [3.63, 3.8) is 0 Å². The van der Waals surface area contributed by atoms with Crippen molar-refractivity contribution >= 4 is 5.91 Å². The van der Waals surface area contributed by atoms with Gasteiger partial charge in [0.05, 0.1) is 12.0 Å². The number of benzene rings is 2. The van der Waals surface area contributed by atoms with Crippen molar-refractivity contribution in [2.75, 3.05) is 19.6 Å². The summed E-state index contributed by atoms with van der Waals surface area (Å²) in [6.45, 7) is 3.20. The van der Waals surface area contributed by atoms with Gasteiger partial charge in [-0.15, -0.1) is 0 Å². The maximum absolute atomic E-state index is 12.9. The van der Waals surface area contributed by atoms with Crippen LogP contribution in [0.5, 0.6) is 0 Å². The Morgan fingerprint density at radius 1 is 1.04 bits per heavy atom. The second kappa shape index (κ2) is 7.59. The molecule has 28 heavy (non-hydrogen) atoms. The minimum atomic E-state index is -4.39. The van der Waals surface area contributed by atoms with E-state index in [4.69, 9.17) is 0 Å². The molecule has 2 aliphatic heterocycles. The SMILES string of the molecule is O=C(Cc1cccc(C(F)(F)F)c1)N1CC[C@@H](N2CCc3ccccc3C2)C1. The largest absolute Gasteiger partial charge is 0.416 e. The first-order valence-electron chi connectivity index (χ1n) is 9.65. The van der Waals surface area contributed by atoms with E-state index < -0.39 is 11.7 Å². The predicted octanol–water partition coefficient (Wildman–Crippen LogP) is 3.91. The average Bonchev–Trinajstić information content (AvgIpc) is 3.17. The van der Waals surface area contributed by atoms with Crippen LogP contribution in [0.2, 0.25) is 0 Å². The van der Waals surface area contributed by atoms with Crippen LogP contribution in [0.15, 0.2) is 48.5 Å². The second-order valence-corrected chi connectivity index (χ2v) is 7.65. The van der Waals surface area contributed by atoms with Gasteiger partial charge in [0.25, 0.3) is 0 Å². The van der Waals surface area contributed by atoms with Crippen molar-refractivity contribution in [2.24, 2.45) is 0 Å². The van der Waals surface area contributed by atoms with Gasteiger partial charge in [0, 0.05) is 32.2 Å². The number of fused-ring (bicyclic) bond motifs is 1. The molecule has 148 valence electrons. The third-order valence-corrected chi connectivity index (χ3v) is 5.80. The number of hydrogen-bond acceptors (Lipinski definition) is 2. The van der Waals surface area contributed by atoms with Crippen LogP contribution in [0.3, 0.4) is 0 Å². The van der Waals surface area contributed by atoms with Crippen LogP contribution >= 0.6 is 0 Å². The number of carbonyl (C=O) groups excluding carboxylic acids is 1. The summed E-state index contributed by atoms with van der Waals surface area (Å²) in [5, 5.41) is 0. The second-order valence-electron chi connectivity index (χ2n) is 7.65. The highest BCUT2D eigenvalue weighted by molar-refractivity contribution is 5.79. The Morgan fingerprint density at radius 3 is 2.61 bits per heavy atom. The zero-order valence-corrected chi connectivity index (χ0v) is 15.6. The Morgan fingerprint density at radius 2 is 1.82 bits per heavy atom. The van der Waals surface area contributed by atoms with E-state index in [2.05, 4.69) is 29.2 Å². The van der Waals surface area contributed by atoms with Crippen molar-refractivity contribution in [3.8, 4) is 0 Å². The van der Waals surface area contributed by atoms with Crippen LogP contribution < -0.4 is 0 Å². The summed E-state index contributed by atoms with van der Waals surface area (Å²) in [5.41, 5.74) is 2.45. The number of carbonyl (C=O) groups is 1. The average molecular weight is 388 g/mol. The molecule has 2 aromatic rings. The Balaban J connectivity index is 1.36. The summed E-state index contributed by atoms with van der Waals surface area (Å²) >= 11 is 0. The van der Waals surface area contributed by atoms with Crippen molar-refractivity contribution in [1.82, 2.24) is 9.80 Å². The smallest absolute Gasteiger partial charge is 0.341 e. The molecule has 0 N–H and O–H groups in total. The molecular formula is C22H23F3N2O. The molecule has 4 rings (SSSR count). The Kier molecular flexibility index (Phi) is 5.15. The first kappa shape index (κ1) is 19.0. The fourth-order valence-corrected chi connectivity index (χ4v) is 4.24. The molecule has 0 bridgehead atoms. The summed E-state index contributed by atoms with van der Waals surface area (Å²) in [6.07, 6.45) is -2.44. The lowest BCUT2D eigenvalue weighted by atomic mass is 9.98. The van der Waals surface area contributed by atoms with Gasteiger partial charge in [-0.2, -0.15) is 13.2 Å². The quantitative estimate of drug-likeness (QED) is 0.796. The summed E-state index contributed by atoms with van der Waals surface area (Å²) in [4.78, 5) is 16.9. The Hall–Kier alpha value is -2.34. The summed E-state index contributed by atoms with van der Waals surface area (Å²) in [5.74, 6) is -0.0979. The normalized spacial score (nSPS) is 20.2. The maximum atomic E-state index is 12.9. The molecule has 3 nitrogen and oxygen atoms in total. The molecule has 0 unspecified atom stereocenters. The standard InChI is InChI=1S/C22H23F3N2O/c23-22(24,25)19-7-3-4-16(12-19)13-21(28)27-11-9-20(15-27)26-10-8-17-5-1-2-6-18(17)14-26/h1-7,12,20H,8-11,13-15H2/t20-/m1/s1. The highest BCUT2D eigenvalue weighted by atomic mass is 19.4. The fourth-order valence-electron chi connectivity index (χ4n) is 4.24. The van der Waals surface area contributed by atoms with Crippen molar-refractivity contribution in [3.05, 3.63) is 70.8 Å². The van der Waals surface area contributed by atoms with Gasteiger partial charge in [-0.25, -0.2) is 0 Å². The van der Waals surface area contributed by atoms with Crippen LogP contribution in [0.1, 0.15) is 28.7 Å². The molecular weight excluding hydrogens is 365 g/mol. The van der Waals surface area contributed by atoms with Crippen molar-refractivity contribution < 1.29 is 18.0 Å². The summed E-state index contributed by atoms with van der Waals surface area (Å²) in [6, 6.07) is 13.8. The van der Waals surface area contributed by atoms with E-state index >= 15 is 0 Å². The molecule has 1 fully saturated rings. The van der Waals surface area contributed by atoms with Crippen molar-refractivity contribution in [1.29, 1.82) is 0 Å². The molecule has 0 aliphatic carbocycles. The Bertz CT molecular complexity index is 865. The number of halogens is 3. The molecule has 0 radical (unpaired) electrons. The van der Waals surface area contributed by atoms with Gasteiger partial charge in [0.15, 0.2) is 0 Å². The number of hydrogen-bond donors (Lipinski definition) is 0. The number of amides is 1. The zero-order valence-electron chi connectivity index (χ0n) is 15.6. The van der Waals surface area contributed by atoms with E-state index in [0.29, 0.717) is 24.7 Å². The monoisotopic (exact) mass is 388 g/mol. The van der Waals surface area contributed by atoms with Gasteiger partial charge in [0.1, 0.15) is 0 Å². The third-order valence-electron chi connectivity index (χ3n) is 5.80. The summed E-state index contributed by atoms with van der Waals surface area (Å²) in [7, 11) is 0. The van der Waals surface area contributed by atoms with Gasteiger partial charge in [-0.05, 0) is 35.6 Å². The van der Waals surface area contributed by atoms with E-state index in [0.717, 1.165) is 38.1 Å². The van der Waals surface area contributed by atoms with Gasteiger partial charge < -0.3 is 4.90 Å². The van der Waals surface area contributed by atoms with Crippen LogP contribution in [0.4, 0.5) is 13.2 Å². The minimum absolute atomic E-state index is 0.0134. The van der Waals surface area contributed by atoms with Gasteiger partial charge in [-0.3, -0.25) is 9.69 Å². The topological polar surface area (TPSA) is 23.6 Å². The Labute approximate surface area is 162 Å². The molecule has 1 atom stereocenters. The molecule has 0 spiro atoms. The highest BCUT2D eigenvalue weighted by Gasteiger charge is 2.33. The van der Waals surface area contributed by atoms with Gasteiger partial charge >= 0.3 is 6.18 Å². The van der Waals surface area contributed by atoms with Crippen LogP contribution in [0.25, 0.3) is 0 Å². The fraction of sp³-hybridized carbons (Fsp3) is 0.409. The molecule has 2 aromatic carbocycles. The van der Waals surface area contributed by atoms with E-state index in [-0.39, 0.29) is 12.3 Å². The maximum Gasteiger partial charge on any atom is 0.416 e. The van der Waals surface area contributed by atoms with Crippen LogP contribution in [0, 0.1) is 0 Å². The molecule has 2 heterocycles. The zero-order chi connectivity index (χ0) is 19.7. The van der Waals surface area contributed by atoms with Crippen LogP contribution in [-0.4, -0.2) is 41.4 Å². The molecule has 1 saturated heterocycles. The first-order chi connectivity index (χ1) is 13.4. The van der Waals surface area contributed by atoms with E-state index in [1.165, 1.54) is 17.2 Å². The molecule has 0 saturated carbocycles. The van der Waals surface area contributed by atoms with Gasteiger partial charge in [-0.1, -0.05) is 42.5 Å². The minimum Gasteiger partial charge on any atom is -0.341 e. The van der Waals surface area contributed by atoms with E-state index in [9.17, 15) is 18.0 Å². The third kappa shape index (κ3) is 4.07. The van der Waals surface area contributed by atoms with Crippen LogP contribution in [-0.2, 0) is 30.4 Å². The highest BCUT2D eigenvalue weighted by Crippen LogP contribution is 2.30. The first-order valence-corrected chi connectivity index (χ1v) is 9.65. The van der Waals surface area contributed by atoms with E-state index in [1.807, 2.05) is 0 Å².